The van der Waals surface area contributed by atoms with Gasteiger partial charge in [0.25, 0.3) is 0 Å². The van der Waals surface area contributed by atoms with Crippen LogP contribution in [0.4, 0.5) is 13.2 Å². The van der Waals surface area contributed by atoms with E-state index in [0.717, 1.165) is 18.2 Å². The van der Waals surface area contributed by atoms with Crippen molar-refractivity contribution in [3.8, 4) is 11.5 Å². The first kappa shape index (κ1) is 18.8. The molecule has 0 fully saturated rings. The third kappa shape index (κ3) is 4.51. The first-order valence-corrected chi connectivity index (χ1v) is 7.45. The van der Waals surface area contributed by atoms with Gasteiger partial charge in [-0.1, -0.05) is 11.6 Å². The van der Waals surface area contributed by atoms with Crippen molar-refractivity contribution in [3.05, 3.63) is 58.1 Å². The molecule has 2 aromatic rings. The Hall–Kier alpha value is -2.54. The molecule has 132 valence electrons. The zero-order valence-corrected chi connectivity index (χ0v) is 13.6. The van der Waals surface area contributed by atoms with Gasteiger partial charge in [-0.25, -0.2) is 4.79 Å². The van der Waals surface area contributed by atoms with Gasteiger partial charge in [0, 0.05) is 5.56 Å². The van der Waals surface area contributed by atoms with E-state index in [0.29, 0.717) is 6.29 Å². The predicted molar refractivity (Wildman–Crippen MR) is 84.3 cm³/mol. The number of esters is 1. The molecule has 2 aromatic carbocycles. The molecule has 0 aliphatic carbocycles. The zero-order chi connectivity index (χ0) is 18.6. The molecule has 25 heavy (non-hydrogen) atoms. The summed E-state index contributed by atoms with van der Waals surface area (Å²) in [6, 6.07) is 6.63. The maximum Gasteiger partial charge on any atom is 0.416 e. The molecular weight excluding hydrogens is 361 g/mol. The van der Waals surface area contributed by atoms with Crippen molar-refractivity contribution in [1.29, 1.82) is 0 Å². The maximum atomic E-state index is 12.6. The minimum Gasteiger partial charge on any atom is -0.462 e. The second kappa shape index (κ2) is 7.57. The van der Waals surface area contributed by atoms with Crippen LogP contribution in [0.5, 0.6) is 11.5 Å². The number of carbonyl (C=O) groups is 2. The van der Waals surface area contributed by atoms with Gasteiger partial charge in [-0.2, -0.15) is 13.2 Å². The lowest BCUT2D eigenvalue weighted by molar-refractivity contribution is -0.137. The van der Waals surface area contributed by atoms with Gasteiger partial charge in [0.2, 0.25) is 0 Å². The Labute approximate surface area is 146 Å². The van der Waals surface area contributed by atoms with E-state index in [1.807, 2.05) is 0 Å². The molecule has 0 N–H and O–H groups in total. The van der Waals surface area contributed by atoms with Crippen LogP contribution in [0, 0.1) is 0 Å². The molecule has 8 heteroatoms. The molecule has 0 atom stereocenters. The third-order valence-electron chi connectivity index (χ3n) is 3.13. The molecule has 4 nitrogen and oxygen atoms in total. The van der Waals surface area contributed by atoms with Gasteiger partial charge in [0.1, 0.15) is 11.5 Å². The Morgan fingerprint density at radius 3 is 2.48 bits per heavy atom. The summed E-state index contributed by atoms with van der Waals surface area (Å²) in [5.41, 5.74) is -0.824. The standard InChI is InChI=1S/C17H12ClF3O4/c1-2-24-16(23)13-8-12(5-3-10(13)9-22)25-15-6-4-11(7-14(15)18)17(19,20)21/h3-9H,2H2,1H3. The van der Waals surface area contributed by atoms with E-state index in [9.17, 15) is 22.8 Å². The average Bonchev–Trinajstić information content (AvgIpc) is 2.56. The molecule has 0 spiro atoms. The molecule has 0 aromatic heterocycles. The number of benzene rings is 2. The van der Waals surface area contributed by atoms with Crippen LogP contribution in [0.25, 0.3) is 0 Å². The molecule has 0 radical (unpaired) electrons. The van der Waals surface area contributed by atoms with Crippen molar-refractivity contribution in [2.45, 2.75) is 13.1 Å². The lowest BCUT2D eigenvalue weighted by Crippen LogP contribution is -2.08. The number of hydrogen-bond acceptors (Lipinski definition) is 4. The lowest BCUT2D eigenvalue weighted by atomic mass is 10.1. The van der Waals surface area contributed by atoms with E-state index in [1.165, 1.54) is 18.2 Å². The van der Waals surface area contributed by atoms with Crippen LogP contribution in [0.1, 0.15) is 33.2 Å². The van der Waals surface area contributed by atoms with Crippen molar-refractivity contribution >= 4 is 23.9 Å². The second-order valence-corrected chi connectivity index (χ2v) is 5.24. The quantitative estimate of drug-likeness (QED) is 0.538. The summed E-state index contributed by atoms with van der Waals surface area (Å²) in [6.45, 7) is 1.73. The number of alkyl halides is 3. The summed E-state index contributed by atoms with van der Waals surface area (Å²) in [5.74, 6) is -0.618. The van der Waals surface area contributed by atoms with Crippen LogP contribution in [0.2, 0.25) is 5.02 Å². The molecule has 0 saturated carbocycles. The van der Waals surface area contributed by atoms with Crippen molar-refractivity contribution in [1.82, 2.24) is 0 Å². The first-order valence-electron chi connectivity index (χ1n) is 7.07. The first-order chi connectivity index (χ1) is 11.8. The third-order valence-corrected chi connectivity index (χ3v) is 3.43. The second-order valence-electron chi connectivity index (χ2n) is 4.83. The summed E-state index contributed by atoms with van der Waals surface area (Å²) in [7, 11) is 0. The number of halogens is 4. The number of carbonyl (C=O) groups excluding carboxylic acids is 2. The minimum absolute atomic E-state index is 0.0163. The molecule has 2 rings (SSSR count). The van der Waals surface area contributed by atoms with E-state index in [-0.39, 0.29) is 34.3 Å². The van der Waals surface area contributed by atoms with E-state index in [2.05, 4.69) is 0 Å². The van der Waals surface area contributed by atoms with Gasteiger partial charge in [0.05, 0.1) is 22.8 Å². The average molecular weight is 373 g/mol. The van der Waals surface area contributed by atoms with E-state index in [4.69, 9.17) is 21.1 Å². The zero-order valence-electron chi connectivity index (χ0n) is 12.9. The predicted octanol–water partition coefficient (Wildman–Crippen LogP) is 5.14. The van der Waals surface area contributed by atoms with Crippen LogP contribution in [-0.2, 0) is 10.9 Å². The van der Waals surface area contributed by atoms with Crippen LogP contribution < -0.4 is 4.74 Å². The fourth-order valence-electron chi connectivity index (χ4n) is 1.97. The Morgan fingerprint density at radius 1 is 1.20 bits per heavy atom. The Balaban J connectivity index is 2.33. The Kier molecular flexibility index (Phi) is 5.69. The van der Waals surface area contributed by atoms with Crippen LogP contribution in [0.15, 0.2) is 36.4 Å². The number of ether oxygens (including phenoxy) is 2. The summed E-state index contributed by atoms with van der Waals surface area (Å²) < 4.78 is 48.2. The van der Waals surface area contributed by atoms with Gasteiger partial charge < -0.3 is 9.47 Å². The van der Waals surface area contributed by atoms with Crippen LogP contribution in [0.3, 0.4) is 0 Å². The molecule has 0 unspecified atom stereocenters. The monoisotopic (exact) mass is 372 g/mol. The molecule has 0 saturated heterocycles. The Morgan fingerprint density at radius 2 is 1.92 bits per heavy atom. The van der Waals surface area contributed by atoms with Gasteiger partial charge in [-0.05, 0) is 43.3 Å². The minimum atomic E-state index is -4.52. The molecule has 0 aliphatic rings. The fourth-order valence-corrected chi connectivity index (χ4v) is 2.19. The summed E-state index contributed by atoms with van der Waals surface area (Å²) >= 11 is 5.82. The van der Waals surface area contributed by atoms with E-state index >= 15 is 0 Å². The molecule has 0 bridgehead atoms. The highest BCUT2D eigenvalue weighted by Gasteiger charge is 2.31. The van der Waals surface area contributed by atoms with Gasteiger partial charge in [-0.3, -0.25) is 4.79 Å². The van der Waals surface area contributed by atoms with Crippen molar-refractivity contribution in [2.24, 2.45) is 0 Å². The highest BCUT2D eigenvalue weighted by Crippen LogP contribution is 2.36. The molecule has 0 amide bonds. The van der Waals surface area contributed by atoms with Crippen LogP contribution >= 0.6 is 11.6 Å². The van der Waals surface area contributed by atoms with Gasteiger partial charge in [-0.15, -0.1) is 0 Å². The highest BCUT2D eigenvalue weighted by atomic mass is 35.5. The van der Waals surface area contributed by atoms with Crippen LogP contribution in [-0.4, -0.2) is 18.9 Å². The Bertz CT molecular complexity index is 803. The molecule has 0 aliphatic heterocycles. The normalized spacial score (nSPS) is 11.1. The summed E-state index contributed by atoms with van der Waals surface area (Å²) in [5, 5.41) is -0.244. The fraction of sp³-hybridized carbons (Fsp3) is 0.176. The van der Waals surface area contributed by atoms with Crippen molar-refractivity contribution < 1.29 is 32.2 Å². The number of aldehydes is 1. The van der Waals surface area contributed by atoms with Crippen molar-refractivity contribution in [2.75, 3.05) is 6.61 Å². The number of rotatable bonds is 5. The molecular formula is C17H12ClF3O4. The highest BCUT2D eigenvalue weighted by molar-refractivity contribution is 6.32. The molecule has 0 heterocycles. The number of hydrogen-bond donors (Lipinski definition) is 0. The van der Waals surface area contributed by atoms with E-state index < -0.39 is 17.7 Å². The van der Waals surface area contributed by atoms with Crippen molar-refractivity contribution in [3.63, 3.8) is 0 Å². The SMILES string of the molecule is CCOC(=O)c1cc(Oc2ccc(C(F)(F)F)cc2Cl)ccc1C=O. The summed E-state index contributed by atoms with van der Waals surface area (Å²) in [4.78, 5) is 22.9. The largest absolute Gasteiger partial charge is 0.462 e. The summed E-state index contributed by atoms with van der Waals surface area (Å²) in [6.07, 6.45) is -4.04. The topological polar surface area (TPSA) is 52.6 Å². The van der Waals surface area contributed by atoms with Gasteiger partial charge >= 0.3 is 12.1 Å². The smallest absolute Gasteiger partial charge is 0.416 e. The lowest BCUT2D eigenvalue weighted by Gasteiger charge is -2.12. The van der Waals surface area contributed by atoms with Gasteiger partial charge in [0.15, 0.2) is 6.29 Å². The maximum absolute atomic E-state index is 12.6. The van der Waals surface area contributed by atoms with E-state index in [1.54, 1.807) is 6.92 Å².